The highest BCUT2D eigenvalue weighted by Crippen LogP contribution is 2.15. The predicted octanol–water partition coefficient (Wildman–Crippen LogP) is 2.89. The Morgan fingerprint density at radius 3 is 2.71 bits per heavy atom. The fourth-order valence-corrected chi connectivity index (χ4v) is 2.55. The van der Waals surface area contributed by atoms with E-state index in [0.29, 0.717) is 5.75 Å². The van der Waals surface area contributed by atoms with Gasteiger partial charge in [-0.15, -0.1) is 10.2 Å². The van der Waals surface area contributed by atoms with Crippen molar-refractivity contribution >= 4 is 23.4 Å². The van der Waals surface area contributed by atoms with Gasteiger partial charge in [0, 0.05) is 12.7 Å². The van der Waals surface area contributed by atoms with Crippen LogP contribution in [0.1, 0.15) is 25.3 Å². The molecule has 1 amide bonds. The molecule has 0 aliphatic carbocycles. The topological polar surface area (TPSA) is 59.8 Å². The van der Waals surface area contributed by atoms with Crippen LogP contribution in [0.5, 0.6) is 0 Å². The molecule has 0 atom stereocenters. The summed E-state index contributed by atoms with van der Waals surface area (Å²) in [6.07, 6.45) is 5.10. The first kappa shape index (κ1) is 15.6. The molecule has 112 valence electrons. The molecular weight excluding hydrogens is 284 g/mol. The number of hydrogen-bond donors (Lipinski definition) is 1. The van der Waals surface area contributed by atoms with E-state index in [1.54, 1.807) is 10.9 Å². The molecule has 21 heavy (non-hydrogen) atoms. The smallest absolute Gasteiger partial charge is 0.234 e. The van der Waals surface area contributed by atoms with Gasteiger partial charge in [-0.2, -0.15) is 0 Å². The normalized spacial score (nSPS) is 10.6. The lowest BCUT2D eigenvalue weighted by Gasteiger charge is -2.06. The number of anilines is 1. The number of thioether (sulfide) groups is 1. The van der Waals surface area contributed by atoms with E-state index in [4.69, 9.17) is 0 Å². The third-order valence-corrected chi connectivity index (χ3v) is 4.09. The number of carbonyl (C=O) groups is 1. The zero-order valence-corrected chi connectivity index (χ0v) is 13.2. The van der Waals surface area contributed by atoms with Gasteiger partial charge in [-0.25, -0.2) is 0 Å². The Kier molecular flexibility index (Phi) is 5.80. The summed E-state index contributed by atoms with van der Waals surface area (Å²) in [5, 5.41) is 11.3. The van der Waals surface area contributed by atoms with Gasteiger partial charge in [0.15, 0.2) is 5.16 Å². The van der Waals surface area contributed by atoms with Crippen LogP contribution in [0.3, 0.4) is 0 Å². The number of benzene rings is 1. The Morgan fingerprint density at radius 1 is 1.33 bits per heavy atom. The Balaban J connectivity index is 1.81. The number of hydrogen-bond acceptors (Lipinski definition) is 4. The first-order valence-electron chi connectivity index (χ1n) is 7.04. The lowest BCUT2D eigenvalue weighted by molar-refractivity contribution is -0.113. The molecule has 0 bridgehead atoms. The maximum Gasteiger partial charge on any atom is 0.234 e. The van der Waals surface area contributed by atoms with E-state index in [-0.39, 0.29) is 5.91 Å². The van der Waals surface area contributed by atoms with Gasteiger partial charge in [0.2, 0.25) is 5.91 Å². The van der Waals surface area contributed by atoms with Crippen LogP contribution in [0, 0.1) is 0 Å². The summed E-state index contributed by atoms with van der Waals surface area (Å²) < 4.78 is 1.79. The van der Waals surface area contributed by atoms with Gasteiger partial charge in [-0.3, -0.25) is 4.79 Å². The maximum atomic E-state index is 11.9. The molecule has 2 rings (SSSR count). The summed E-state index contributed by atoms with van der Waals surface area (Å²) in [6, 6.07) is 8.05. The van der Waals surface area contributed by atoms with Crippen LogP contribution in [0.15, 0.2) is 35.7 Å². The van der Waals surface area contributed by atoms with E-state index in [0.717, 1.165) is 17.3 Å². The van der Waals surface area contributed by atoms with Gasteiger partial charge in [0.05, 0.1) is 5.75 Å². The van der Waals surface area contributed by atoms with Crippen molar-refractivity contribution in [3.05, 3.63) is 36.2 Å². The standard InChI is InChI=1S/C15H20N4OS/c1-3-4-5-12-6-8-13(9-7-12)17-14(20)10-21-15-18-16-11-19(15)2/h6-9,11H,3-5,10H2,1-2H3,(H,17,20). The highest BCUT2D eigenvalue weighted by molar-refractivity contribution is 7.99. The van der Waals surface area contributed by atoms with Crippen LogP contribution >= 0.6 is 11.8 Å². The van der Waals surface area contributed by atoms with Crippen LogP contribution in [0.2, 0.25) is 0 Å². The molecule has 1 aromatic heterocycles. The molecule has 5 nitrogen and oxygen atoms in total. The van der Waals surface area contributed by atoms with Crippen LogP contribution in [0.25, 0.3) is 0 Å². The molecule has 0 saturated heterocycles. The van der Waals surface area contributed by atoms with Gasteiger partial charge in [-0.1, -0.05) is 37.2 Å². The summed E-state index contributed by atoms with van der Waals surface area (Å²) >= 11 is 1.37. The Labute approximate surface area is 129 Å². The average Bonchev–Trinajstić information content (AvgIpc) is 2.90. The monoisotopic (exact) mass is 304 g/mol. The van der Waals surface area contributed by atoms with Crippen LogP contribution in [0.4, 0.5) is 5.69 Å². The molecule has 6 heteroatoms. The fraction of sp³-hybridized carbons (Fsp3) is 0.400. The van der Waals surface area contributed by atoms with E-state index in [1.165, 1.54) is 30.2 Å². The zero-order valence-electron chi connectivity index (χ0n) is 12.4. The maximum absolute atomic E-state index is 11.9. The molecule has 2 aromatic rings. The highest BCUT2D eigenvalue weighted by Gasteiger charge is 2.07. The lowest BCUT2D eigenvalue weighted by atomic mass is 10.1. The predicted molar refractivity (Wildman–Crippen MR) is 85.4 cm³/mol. The van der Waals surface area contributed by atoms with Crippen molar-refractivity contribution in [1.29, 1.82) is 0 Å². The number of aromatic nitrogens is 3. The molecule has 0 aliphatic heterocycles. The Hall–Kier alpha value is -1.82. The molecule has 0 unspecified atom stereocenters. The molecule has 0 saturated carbocycles. The first-order chi connectivity index (χ1) is 10.2. The molecule has 0 radical (unpaired) electrons. The SMILES string of the molecule is CCCCc1ccc(NC(=O)CSc2nncn2C)cc1. The minimum absolute atomic E-state index is 0.0377. The van der Waals surface area contributed by atoms with Crippen molar-refractivity contribution in [2.75, 3.05) is 11.1 Å². The van der Waals surface area contributed by atoms with E-state index in [2.05, 4.69) is 34.6 Å². The quantitative estimate of drug-likeness (QED) is 0.799. The van der Waals surface area contributed by atoms with Gasteiger partial charge in [0.25, 0.3) is 0 Å². The van der Waals surface area contributed by atoms with E-state index >= 15 is 0 Å². The molecule has 0 fully saturated rings. The number of carbonyl (C=O) groups excluding carboxylic acids is 1. The zero-order chi connectivity index (χ0) is 15.1. The molecular formula is C15H20N4OS. The van der Waals surface area contributed by atoms with Crippen molar-refractivity contribution in [3.63, 3.8) is 0 Å². The summed E-state index contributed by atoms with van der Waals surface area (Å²) in [5.74, 6) is 0.286. The summed E-state index contributed by atoms with van der Waals surface area (Å²) in [5.41, 5.74) is 2.14. The van der Waals surface area contributed by atoms with Crippen molar-refractivity contribution in [2.45, 2.75) is 31.3 Å². The van der Waals surface area contributed by atoms with Crippen LogP contribution in [-0.2, 0) is 18.3 Å². The van der Waals surface area contributed by atoms with E-state index in [1.807, 2.05) is 19.2 Å². The third-order valence-electron chi connectivity index (χ3n) is 3.06. The summed E-state index contributed by atoms with van der Waals surface area (Å²) in [7, 11) is 1.86. The number of nitrogens with zero attached hydrogens (tertiary/aromatic N) is 3. The minimum Gasteiger partial charge on any atom is -0.325 e. The fourth-order valence-electron chi connectivity index (χ4n) is 1.87. The number of unbranched alkanes of at least 4 members (excludes halogenated alkanes) is 1. The number of rotatable bonds is 7. The van der Waals surface area contributed by atoms with Crippen LogP contribution in [-0.4, -0.2) is 26.4 Å². The molecule has 0 aliphatic rings. The van der Waals surface area contributed by atoms with E-state index in [9.17, 15) is 4.79 Å². The van der Waals surface area contributed by atoms with Gasteiger partial charge in [-0.05, 0) is 30.5 Å². The third kappa shape index (κ3) is 4.90. The van der Waals surface area contributed by atoms with Gasteiger partial charge in [0.1, 0.15) is 6.33 Å². The highest BCUT2D eigenvalue weighted by atomic mass is 32.2. The van der Waals surface area contributed by atoms with Crippen molar-refractivity contribution in [3.8, 4) is 0 Å². The second-order valence-electron chi connectivity index (χ2n) is 4.86. The number of amides is 1. The van der Waals surface area contributed by atoms with Crippen LogP contribution < -0.4 is 5.32 Å². The number of aryl methyl sites for hydroxylation is 2. The molecule has 1 heterocycles. The minimum atomic E-state index is -0.0377. The average molecular weight is 304 g/mol. The largest absolute Gasteiger partial charge is 0.325 e. The van der Waals surface area contributed by atoms with Gasteiger partial charge >= 0.3 is 0 Å². The lowest BCUT2D eigenvalue weighted by Crippen LogP contribution is -2.14. The summed E-state index contributed by atoms with van der Waals surface area (Å²) in [4.78, 5) is 11.9. The van der Waals surface area contributed by atoms with Crippen molar-refractivity contribution < 1.29 is 4.79 Å². The first-order valence-corrected chi connectivity index (χ1v) is 8.03. The van der Waals surface area contributed by atoms with E-state index < -0.39 is 0 Å². The van der Waals surface area contributed by atoms with Crippen molar-refractivity contribution in [2.24, 2.45) is 7.05 Å². The second-order valence-corrected chi connectivity index (χ2v) is 5.80. The second kappa shape index (κ2) is 7.83. The molecule has 1 aromatic carbocycles. The molecule has 1 N–H and O–H groups in total. The van der Waals surface area contributed by atoms with Crippen molar-refractivity contribution in [1.82, 2.24) is 14.8 Å². The Bertz CT molecular complexity index is 580. The molecule has 0 spiro atoms. The Morgan fingerprint density at radius 2 is 2.10 bits per heavy atom. The summed E-state index contributed by atoms with van der Waals surface area (Å²) in [6.45, 7) is 2.18. The number of nitrogens with one attached hydrogen (secondary N) is 1. The van der Waals surface area contributed by atoms with Gasteiger partial charge < -0.3 is 9.88 Å².